The number of hydrogen-bond donors (Lipinski definition) is 1. The number of benzene rings is 1. The van der Waals surface area contributed by atoms with E-state index in [1.54, 1.807) is 0 Å². The molecule has 0 spiro atoms. The summed E-state index contributed by atoms with van der Waals surface area (Å²) >= 11 is 3.64. The average molecular weight is 238 g/mol. The van der Waals surface area contributed by atoms with E-state index in [1.807, 2.05) is 0 Å². The molecular weight excluding hydrogens is 226 g/mol. The van der Waals surface area contributed by atoms with Crippen LogP contribution in [0.1, 0.15) is 23.5 Å². The second kappa shape index (κ2) is 2.50. The van der Waals surface area contributed by atoms with Crippen molar-refractivity contribution in [1.29, 1.82) is 0 Å². The van der Waals surface area contributed by atoms with Crippen LogP contribution in [0.15, 0.2) is 16.6 Å². The Balaban J connectivity index is 2.22. The Morgan fingerprint density at radius 2 is 2.31 bits per heavy atom. The van der Waals surface area contributed by atoms with Gasteiger partial charge in [0.15, 0.2) is 0 Å². The van der Waals surface area contributed by atoms with E-state index in [9.17, 15) is 0 Å². The van der Waals surface area contributed by atoms with E-state index in [0.717, 1.165) is 11.8 Å². The molecular formula is C11H12BrN. The van der Waals surface area contributed by atoms with Crippen LogP contribution in [0.25, 0.3) is 0 Å². The molecule has 0 aromatic heterocycles. The van der Waals surface area contributed by atoms with Gasteiger partial charge in [0.05, 0.1) is 0 Å². The van der Waals surface area contributed by atoms with Crippen molar-refractivity contribution in [2.75, 3.05) is 11.9 Å². The number of aryl methyl sites for hydroxylation is 1. The van der Waals surface area contributed by atoms with Gasteiger partial charge in [-0.3, -0.25) is 0 Å². The molecule has 2 heteroatoms. The first-order chi connectivity index (χ1) is 6.27. The van der Waals surface area contributed by atoms with Crippen LogP contribution in [0.3, 0.4) is 0 Å². The average Bonchev–Trinajstić information content (AvgIpc) is 2.89. The zero-order valence-corrected chi connectivity index (χ0v) is 9.19. The first-order valence-electron chi connectivity index (χ1n) is 4.80. The SMILES string of the molecule is Cc1ccc(Br)c2c1NCC1CC21. The van der Waals surface area contributed by atoms with Gasteiger partial charge in [-0.1, -0.05) is 22.0 Å². The van der Waals surface area contributed by atoms with Crippen LogP contribution in [0.2, 0.25) is 0 Å². The Kier molecular flexibility index (Phi) is 1.51. The number of halogens is 1. The third-order valence-corrected chi connectivity index (χ3v) is 3.93. The van der Waals surface area contributed by atoms with Crippen LogP contribution in [0, 0.1) is 12.8 Å². The second-order valence-electron chi connectivity index (χ2n) is 4.14. The van der Waals surface area contributed by atoms with E-state index >= 15 is 0 Å². The highest BCUT2D eigenvalue weighted by Crippen LogP contribution is 2.55. The maximum absolute atomic E-state index is 3.64. The number of hydrogen-bond acceptors (Lipinski definition) is 1. The Labute approximate surface area is 86.7 Å². The minimum Gasteiger partial charge on any atom is -0.384 e. The van der Waals surface area contributed by atoms with Gasteiger partial charge in [0, 0.05) is 16.7 Å². The highest BCUT2D eigenvalue weighted by molar-refractivity contribution is 9.10. The summed E-state index contributed by atoms with van der Waals surface area (Å²) < 4.78 is 1.28. The lowest BCUT2D eigenvalue weighted by Crippen LogP contribution is -2.13. The van der Waals surface area contributed by atoms with E-state index in [0.29, 0.717) is 0 Å². The summed E-state index contributed by atoms with van der Waals surface area (Å²) in [5.41, 5.74) is 4.29. The molecule has 1 aromatic carbocycles. The van der Waals surface area contributed by atoms with Crippen molar-refractivity contribution >= 4 is 21.6 Å². The molecule has 3 rings (SSSR count). The summed E-state index contributed by atoms with van der Waals surface area (Å²) in [6, 6.07) is 4.36. The van der Waals surface area contributed by atoms with E-state index in [-0.39, 0.29) is 0 Å². The predicted molar refractivity (Wildman–Crippen MR) is 58.2 cm³/mol. The number of nitrogens with one attached hydrogen (secondary N) is 1. The Morgan fingerprint density at radius 3 is 3.15 bits per heavy atom. The zero-order valence-electron chi connectivity index (χ0n) is 7.60. The lowest BCUT2D eigenvalue weighted by molar-refractivity contribution is 0.812. The smallest absolute Gasteiger partial charge is 0.0416 e. The van der Waals surface area contributed by atoms with Crippen molar-refractivity contribution < 1.29 is 0 Å². The lowest BCUT2D eigenvalue weighted by Gasteiger charge is -2.20. The third-order valence-electron chi connectivity index (χ3n) is 3.24. The van der Waals surface area contributed by atoms with E-state index in [2.05, 4.69) is 40.3 Å². The third kappa shape index (κ3) is 1.05. The molecule has 1 aromatic rings. The maximum atomic E-state index is 3.64. The highest BCUT2D eigenvalue weighted by atomic mass is 79.9. The normalized spacial score (nSPS) is 28.8. The van der Waals surface area contributed by atoms with Crippen LogP contribution in [-0.4, -0.2) is 6.54 Å². The van der Waals surface area contributed by atoms with Crippen molar-refractivity contribution in [3.8, 4) is 0 Å². The van der Waals surface area contributed by atoms with Gasteiger partial charge in [-0.25, -0.2) is 0 Å². The molecule has 1 fully saturated rings. The largest absolute Gasteiger partial charge is 0.384 e. The van der Waals surface area contributed by atoms with Gasteiger partial charge in [0.25, 0.3) is 0 Å². The van der Waals surface area contributed by atoms with Crippen LogP contribution >= 0.6 is 15.9 Å². The van der Waals surface area contributed by atoms with Gasteiger partial charge in [0.1, 0.15) is 0 Å². The van der Waals surface area contributed by atoms with Gasteiger partial charge in [-0.2, -0.15) is 0 Å². The van der Waals surface area contributed by atoms with E-state index in [4.69, 9.17) is 0 Å². The quantitative estimate of drug-likeness (QED) is 0.731. The molecule has 1 nitrogen and oxygen atoms in total. The Bertz CT molecular complexity index is 373. The Morgan fingerprint density at radius 1 is 1.46 bits per heavy atom. The molecule has 0 bridgehead atoms. The molecule has 1 aliphatic carbocycles. The van der Waals surface area contributed by atoms with Crippen molar-refractivity contribution in [3.05, 3.63) is 27.7 Å². The van der Waals surface area contributed by atoms with Crippen LogP contribution < -0.4 is 5.32 Å². The number of anilines is 1. The molecule has 2 aliphatic rings. The summed E-state index contributed by atoms with van der Waals surface area (Å²) in [6.07, 6.45) is 1.38. The molecule has 0 amide bonds. The summed E-state index contributed by atoms with van der Waals surface area (Å²) in [5, 5.41) is 3.53. The van der Waals surface area contributed by atoms with Crippen molar-refractivity contribution in [2.45, 2.75) is 19.3 Å². The summed E-state index contributed by atoms with van der Waals surface area (Å²) in [7, 11) is 0. The molecule has 1 N–H and O–H groups in total. The molecule has 2 unspecified atom stereocenters. The van der Waals surface area contributed by atoms with Gasteiger partial charge in [0.2, 0.25) is 0 Å². The number of fused-ring (bicyclic) bond motifs is 3. The molecule has 1 saturated carbocycles. The molecule has 1 aliphatic heterocycles. The molecule has 68 valence electrons. The Hall–Kier alpha value is -0.500. The first-order valence-corrected chi connectivity index (χ1v) is 5.59. The zero-order chi connectivity index (χ0) is 9.00. The molecule has 1 heterocycles. The topological polar surface area (TPSA) is 12.0 Å². The van der Waals surface area contributed by atoms with Gasteiger partial charge < -0.3 is 5.32 Å². The summed E-state index contributed by atoms with van der Waals surface area (Å²) in [5.74, 6) is 1.75. The van der Waals surface area contributed by atoms with Crippen LogP contribution in [0.5, 0.6) is 0 Å². The predicted octanol–water partition coefficient (Wildman–Crippen LogP) is 3.29. The van der Waals surface area contributed by atoms with E-state index < -0.39 is 0 Å². The van der Waals surface area contributed by atoms with Crippen LogP contribution in [0.4, 0.5) is 5.69 Å². The van der Waals surface area contributed by atoms with Gasteiger partial charge >= 0.3 is 0 Å². The monoisotopic (exact) mass is 237 g/mol. The van der Waals surface area contributed by atoms with Crippen molar-refractivity contribution in [3.63, 3.8) is 0 Å². The van der Waals surface area contributed by atoms with Crippen molar-refractivity contribution in [1.82, 2.24) is 0 Å². The molecule has 2 atom stereocenters. The fourth-order valence-corrected chi connectivity index (χ4v) is 2.98. The fraction of sp³-hybridized carbons (Fsp3) is 0.455. The number of rotatable bonds is 0. The lowest BCUT2D eigenvalue weighted by atomic mass is 10.00. The first kappa shape index (κ1) is 7.86. The van der Waals surface area contributed by atoms with Crippen molar-refractivity contribution in [2.24, 2.45) is 5.92 Å². The molecule has 0 saturated heterocycles. The van der Waals surface area contributed by atoms with Gasteiger partial charge in [-0.05, 0) is 42.4 Å². The minimum atomic E-state index is 0.838. The van der Waals surface area contributed by atoms with Gasteiger partial charge in [-0.15, -0.1) is 0 Å². The fourth-order valence-electron chi connectivity index (χ4n) is 2.36. The maximum Gasteiger partial charge on any atom is 0.0416 e. The van der Waals surface area contributed by atoms with E-state index in [1.165, 1.54) is 34.3 Å². The molecule has 0 radical (unpaired) electrons. The standard InChI is InChI=1S/C11H12BrN/c1-6-2-3-9(12)10-8-4-7(8)5-13-11(6)10/h2-3,7-8,13H,4-5H2,1H3. The molecule has 13 heavy (non-hydrogen) atoms. The second-order valence-corrected chi connectivity index (χ2v) is 4.99. The highest BCUT2D eigenvalue weighted by Gasteiger charge is 2.43. The summed E-state index contributed by atoms with van der Waals surface area (Å²) in [6.45, 7) is 3.36. The van der Waals surface area contributed by atoms with Crippen LogP contribution in [-0.2, 0) is 0 Å². The summed E-state index contributed by atoms with van der Waals surface area (Å²) in [4.78, 5) is 0. The minimum absolute atomic E-state index is 0.838.